The van der Waals surface area contributed by atoms with Crippen molar-refractivity contribution in [1.29, 1.82) is 0 Å². The molecule has 154 valence electrons. The van der Waals surface area contributed by atoms with E-state index in [0.29, 0.717) is 22.7 Å². The van der Waals surface area contributed by atoms with Crippen LogP contribution in [0.5, 0.6) is 5.75 Å². The van der Waals surface area contributed by atoms with E-state index in [1.165, 1.54) is 16.1 Å². The number of hydrogen-bond acceptors (Lipinski definition) is 4. The van der Waals surface area contributed by atoms with Crippen molar-refractivity contribution in [3.8, 4) is 5.75 Å². The van der Waals surface area contributed by atoms with Gasteiger partial charge in [0.1, 0.15) is 11.9 Å². The number of rotatable bonds is 4. The van der Waals surface area contributed by atoms with Crippen LogP contribution in [0.2, 0.25) is 0 Å². The zero-order valence-electron chi connectivity index (χ0n) is 16.9. The minimum absolute atomic E-state index is 0.173. The van der Waals surface area contributed by atoms with Crippen molar-refractivity contribution < 1.29 is 17.9 Å². The highest BCUT2D eigenvalue weighted by atomic mass is 32.2. The average molecular weight is 423 g/mol. The molecule has 0 bridgehead atoms. The fourth-order valence-electron chi connectivity index (χ4n) is 3.71. The van der Waals surface area contributed by atoms with Crippen molar-refractivity contribution in [1.82, 2.24) is 0 Å². The first-order valence-electron chi connectivity index (χ1n) is 9.48. The monoisotopic (exact) mass is 422 g/mol. The van der Waals surface area contributed by atoms with Crippen molar-refractivity contribution in [3.05, 3.63) is 83.9 Å². The molecular weight excluding hydrogens is 400 g/mol. The number of nitrogens with zero attached hydrogens (tertiary/aromatic N) is 2. The minimum atomic E-state index is -3.94. The summed E-state index contributed by atoms with van der Waals surface area (Å²) in [4.78, 5) is 14.3. The quantitative estimate of drug-likeness (QED) is 0.630. The van der Waals surface area contributed by atoms with Gasteiger partial charge in [-0.15, -0.1) is 0 Å². The normalized spacial score (nSPS) is 15.8. The van der Waals surface area contributed by atoms with Crippen molar-refractivity contribution in [2.24, 2.45) is 0 Å². The van der Waals surface area contributed by atoms with Crippen molar-refractivity contribution in [3.63, 3.8) is 0 Å². The number of amides is 1. The van der Waals surface area contributed by atoms with Gasteiger partial charge in [0.2, 0.25) is 5.91 Å². The Morgan fingerprint density at radius 3 is 2.07 bits per heavy atom. The van der Waals surface area contributed by atoms with Crippen LogP contribution in [0.15, 0.2) is 77.7 Å². The Morgan fingerprint density at radius 1 is 0.900 bits per heavy atom. The number of ether oxygens (including phenoxy) is 1. The smallest absolute Gasteiger partial charge is 0.266 e. The Bertz CT molecular complexity index is 1190. The zero-order valence-corrected chi connectivity index (χ0v) is 17.8. The van der Waals surface area contributed by atoms with Gasteiger partial charge in [-0.25, -0.2) is 12.7 Å². The SMILES string of the molecule is COc1ccc(C2N(C(C)=O)c3ccccc3N2S(=O)(=O)c2ccc(C)cc2)cc1. The van der Waals surface area contributed by atoms with Crippen LogP contribution in [0, 0.1) is 6.92 Å². The van der Waals surface area contributed by atoms with Crippen LogP contribution in [0.4, 0.5) is 11.4 Å². The molecule has 4 rings (SSSR count). The van der Waals surface area contributed by atoms with Crippen LogP contribution in [-0.4, -0.2) is 21.4 Å². The van der Waals surface area contributed by atoms with Gasteiger partial charge in [-0.05, 0) is 48.9 Å². The number of methoxy groups -OCH3 is 1. The van der Waals surface area contributed by atoms with E-state index in [4.69, 9.17) is 4.74 Å². The van der Waals surface area contributed by atoms with Gasteiger partial charge in [-0.2, -0.15) is 0 Å². The summed E-state index contributed by atoms with van der Waals surface area (Å²) < 4.78 is 34.1. The molecule has 0 aliphatic carbocycles. The van der Waals surface area contributed by atoms with Crippen LogP contribution in [0.25, 0.3) is 0 Å². The first kappa shape index (κ1) is 20.0. The van der Waals surface area contributed by atoms with Crippen LogP contribution in [0.1, 0.15) is 24.2 Å². The summed E-state index contributed by atoms with van der Waals surface area (Å²) in [6, 6.07) is 20.8. The fourth-order valence-corrected chi connectivity index (χ4v) is 5.31. The van der Waals surface area contributed by atoms with Gasteiger partial charge in [0.25, 0.3) is 10.0 Å². The predicted octanol–water partition coefficient (Wildman–Crippen LogP) is 4.26. The number of carbonyl (C=O) groups is 1. The molecule has 0 fully saturated rings. The molecule has 0 N–H and O–H groups in total. The lowest BCUT2D eigenvalue weighted by molar-refractivity contribution is -0.116. The molecule has 0 aromatic heterocycles. The number of para-hydroxylation sites is 2. The maximum atomic E-state index is 13.7. The van der Waals surface area contributed by atoms with E-state index in [9.17, 15) is 13.2 Å². The Kier molecular flexibility index (Phi) is 4.99. The molecule has 1 atom stereocenters. The van der Waals surface area contributed by atoms with E-state index in [2.05, 4.69) is 0 Å². The summed E-state index contributed by atoms with van der Waals surface area (Å²) in [5.41, 5.74) is 2.65. The third kappa shape index (κ3) is 3.21. The molecule has 1 amide bonds. The van der Waals surface area contributed by atoms with Gasteiger partial charge in [0.05, 0.1) is 23.4 Å². The number of sulfonamides is 1. The summed E-state index contributed by atoms with van der Waals surface area (Å²) in [5.74, 6) is 0.404. The number of hydrogen-bond donors (Lipinski definition) is 0. The summed E-state index contributed by atoms with van der Waals surface area (Å²) in [6.07, 6.45) is -0.836. The van der Waals surface area contributed by atoms with Crippen molar-refractivity contribution in [2.45, 2.75) is 24.9 Å². The van der Waals surface area contributed by atoms with E-state index < -0.39 is 16.2 Å². The molecule has 0 radical (unpaired) electrons. The fraction of sp³-hybridized carbons (Fsp3) is 0.174. The Labute approximate surface area is 176 Å². The third-order valence-electron chi connectivity index (χ3n) is 5.18. The third-order valence-corrected chi connectivity index (χ3v) is 6.96. The van der Waals surface area contributed by atoms with E-state index >= 15 is 0 Å². The molecule has 0 saturated carbocycles. The molecule has 30 heavy (non-hydrogen) atoms. The molecule has 7 heteroatoms. The second kappa shape index (κ2) is 7.50. The number of anilines is 2. The van der Waals surface area contributed by atoms with Gasteiger partial charge in [0, 0.05) is 6.92 Å². The van der Waals surface area contributed by atoms with Crippen LogP contribution < -0.4 is 13.9 Å². The highest BCUT2D eigenvalue weighted by Gasteiger charge is 2.45. The first-order chi connectivity index (χ1) is 14.3. The predicted molar refractivity (Wildman–Crippen MR) is 116 cm³/mol. The molecule has 6 nitrogen and oxygen atoms in total. The van der Waals surface area contributed by atoms with Crippen LogP contribution in [-0.2, 0) is 14.8 Å². The lowest BCUT2D eigenvalue weighted by Gasteiger charge is -2.31. The Balaban J connectivity index is 1.94. The summed E-state index contributed by atoms with van der Waals surface area (Å²) in [7, 11) is -2.37. The second-order valence-electron chi connectivity index (χ2n) is 7.14. The number of aryl methyl sites for hydroxylation is 1. The molecular formula is C23H22N2O4S. The topological polar surface area (TPSA) is 66.9 Å². The number of benzene rings is 3. The van der Waals surface area contributed by atoms with Crippen molar-refractivity contribution >= 4 is 27.3 Å². The highest BCUT2D eigenvalue weighted by Crippen LogP contribution is 2.49. The molecule has 0 saturated heterocycles. The van der Waals surface area contributed by atoms with E-state index in [1.807, 2.05) is 6.92 Å². The van der Waals surface area contributed by atoms with Crippen LogP contribution >= 0.6 is 0 Å². The van der Waals surface area contributed by atoms with Gasteiger partial charge in [-0.3, -0.25) is 9.69 Å². The van der Waals surface area contributed by atoms with E-state index in [1.54, 1.807) is 79.9 Å². The van der Waals surface area contributed by atoms with Crippen molar-refractivity contribution in [2.75, 3.05) is 16.3 Å². The Hall–Kier alpha value is -3.32. The number of fused-ring (bicyclic) bond motifs is 1. The zero-order chi connectivity index (χ0) is 21.5. The van der Waals surface area contributed by atoms with E-state index in [0.717, 1.165) is 5.56 Å². The van der Waals surface area contributed by atoms with Gasteiger partial charge < -0.3 is 4.74 Å². The summed E-state index contributed by atoms with van der Waals surface area (Å²) >= 11 is 0. The maximum Gasteiger partial charge on any atom is 0.266 e. The molecule has 3 aromatic rings. The average Bonchev–Trinajstić information content (AvgIpc) is 3.10. The standard InChI is InChI=1S/C23H22N2O4S/c1-16-8-14-20(15-9-16)30(27,28)25-22-7-5-4-6-21(22)24(17(2)26)23(25)18-10-12-19(29-3)13-11-18/h4-15,23H,1-3H3. The minimum Gasteiger partial charge on any atom is -0.497 e. The molecule has 1 aliphatic heterocycles. The first-order valence-corrected chi connectivity index (χ1v) is 10.9. The molecule has 1 unspecified atom stereocenters. The Morgan fingerprint density at radius 2 is 1.50 bits per heavy atom. The summed E-state index contributed by atoms with van der Waals surface area (Å²) in [5, 5.41) is 0. The van der Waals surface area contributed by atoms with Gasteiger partial charge >= 0.3 is 0 Å². The highest BCUT2D eigenvalue weighted by molar-refractivity contribution is 7.92. The molecule has 1 heterocycles. The van der Waals surface area contributed by atoms with E-state index in [-0.39, 0.29) is 10.8 Å². The lowest BCUT2D eigenvalue weighted by atomic mass is 10.1. The van der Waals surface area contributed by atoms with Gasteiger partial charge in [0.15, 0.2) is 0 Å². The second-order valence-corrected chi connectivity index (χ2v) is 8.95. The number of carbonyl (C=O) groups excluding carboxylic acids is 1. The molecule has 3 aromatic carbocycles. The lowest BCUT2D eigenvalue weighted by Crippen LogP contribution is -2.41. The maximum absolute atomic E-state index is 13.7. The molecule has 0 spiro atoms. The van der Waals surface area contributed by atoms with Crippen LogP contribution in [0.3, 0.4) is 0 Å². The van der Waals surface area contributed by atoms with Gasteiger partial charge in [-0.1, -0.05) is 42.0 Å². The molecule has 1 aliphatic rings. The summed E-state index contributed by atoms with van der Waals surface area (Å²) in [6.45, 7) is 3.34. The largest absolute Gasteiger partial charge is 0.497 e.